The molecule has 0 saturated carbocycles. The number of carbonyl (C=O) groups is 1. The maximum atomic E-state index is 13.8. The number of hydrogen-bond donors (Lipinski definition) is 2. The van der Waals surface area contributed by atoms with Crippen LogP contribution in [0.3, 0.4) is 0 Å². The van der Waals surface area contributed by atoms with E-state index >= 15 is 0 Å². The molecule has 0 fully saturated rings. The second-order valence-corrected chi connectivity index (χ2v) is 6.39. The van der Waals surface area contributed by atoms with E-state index < -0.39 is 11.6 Å². The number of fused-ring (bicyclic) bond motifs is 1. The van der Waals surface area contributed by atoms with E-state index in [9.17, 15) is 13.6 Å². The second kappa shape index (κ2) is 7.15. The Labute approximate surface area is 151 Å². The summed E-state index contributed by atoms with van der Waals surface area (Å²) in [6.07, 6.45) is 0.904. The molecule has 1 heterocycles. The quantitative estimate of drug-likeness (QED) is 0.847. The van der Waals surface area contributed by atoms with E-state index in [2.05, 4.69) is 5.32 Å². The average molecular weight is 357 g/mol. The van der Waals surface area contributed by atoms with Crippen LogP contribution in [0.4, 0.5) is 14.5 Å². The van der Waals surface area contributed by atoms with Gasteiger partial charge in [-0.25, -0.2) is 8.78 Å². The molecule has 6 heteroatoms. The fourth-order valence-electron chi connectivity index (χ4n) is 3.08. The van der Waals surface area contributed by atoms with Gasteiger partial charge in [0, 0.05) is 30.4 Å². The van der Waals surface area contributed by atoms with Crippen LogP contribution in [-0.4, -0.2) is 17.4 Å². The smallest absolute Gasteiger partial charge is 0.254 e. The van der Waals surface area contributed by atoms with Crippen molar-refractivity contribution >= 4 is 17.3 Å². The van der Waals surface area contributed by atoms with Crippen LogP contribution >= 0.6 is 0 Å². The van der Waals surface area contributed by atoms with Gasteiger partial charge in [0.1, 0.15) is 11.6 Å². The van der Waals surface area contributed by atoms with Crippen molar-refractivity contribution in [3.8, 4) is 0 Å². The molecular weight excluding hydrogens is 336 g/mol. The summed E-state index contributed by atoms with van der Waals surface area (Å²) < 4.78 is 26.8. The van der Waals surface area contributed by atoms with E-state index in [-0.39, 0.29) is 11.6 Å². The molecule has 4 nitrogen and oxygen atoms in total. The molecule has 0 spiro atoms. The highest BCUT2D eigenvalue weighted by Gasteiger charge is 2.26. The monoisotopic (exact) mass is 357 g/mol. The van der Waals surface area contributed by atoms with E-state index in [4.69, 9.17) is 5.73 Å². The first kappa shape index (κ1) is 17.9. The molecule has 0 unspecified atom stereocenters. The van der Waals surface area contributed by atoms with Crippen molar-refractivity contribution in [1.82, 2.24) is 4.90 Å². The summed E-state index contributed by atoms with van der Waals surface area (Å²) in [6, 6.07) is 8.78. The van der Waals surface area contributed by atoms with Crippen LogP contribution in [0, 0.1) is 11.6 Å². The van der Waals surface area contributed by atoms with Gasteiger partial charge in [-0.2, -0.15) is 0 Å². The van der Waals surface area contributed by atoms with Crippen molar-refractivity contribution in [3.05, 3.63) is 70.4 Å². The molecule has 0 bridgehead atoms. The van der Waals surface area contributed by atoms with Gasteiger partial charge in [-0.1, -0.05) is 13.0 Å². The zero-order chi connectivity index (χ0) is 18.8. The van der Waals surface area contributed by atoms with Crippen LogP contribution < -0.4 is 11.1 Å². The first-order valence-corrected chi connectivity index (χ1v) is 8.51. The van der Waals surface area contributed by atoms with Crippen molar-refractivity contribution in [2.24, 2.45) is 5.73 Å². The molecule has 2 aromatic rings. The zero-order valence-electron chi connectivity index (χ0n) is 14.8. The number of halogens is 2. The lowest BCUT2D eigenvalue weighted by atomic mass is 10.0. The number of carbonyl (C=O) groups excluding carboxylic acids is 1. The average Bonchev–Trinajstić information content (AvgIpc) is 2.92. The van der Waals surface area contributed by atoms with Crippen molar-refractivity contribution in [3.63, 3.8) is 0 Å². The predicted molar refractivity (Wildman–Crippen MR) is 98.2 cm³/mol. The topological polar surface area (TPSA) is 58.4 Å². The number of allylic oxidation sites excluding steroid dienone is 1. The summed E-state index contributed by atoms with van der Waals surface area (Å²) in [5, 5.41) is 2.88. The van der Waals surface area contributed by atoms with Crippen LogP contribution in [0.2, 0.25) is 0 Å². The fraction of sp³-hybridized carbons (Fsp3) is 0.250. The first-order valence-electron chi connectivity index (χ1n) is 8.51. The molecule has 0 saturated heterocycles. The van der Waals surface area contributed by atoms with Gasteiger partial charge in [-0.15, -0.1) is 0 Å². The highest BCUT2D eigenvalue weighted by molar-refractivity contribution is 5.98. The lowest BCUT2D eigenvalue weighted by Gasteiger charge is -2.13. The first-order chi connectivity index (χ1) is 12.4. The van der Waals surface area contributed by atoms with E-state index in [1.165, 1.54) is 12.1 Å². The van der Waals surface area contributed by atoms with Gasteiger partial charge in [-0.05, 0) is 48.7 Å². The Hall–Kier alpha value is -2.89. The van der Waals surface area contributed by atoms with Crippen LogP contribution in [0.1, 0.15) is 41.8 Å². The summed E-state index contributed by atoms with van der Waals surface area (Å²) >= 11 is 0. The van der Waals surface area contributed by atoms with Crippen LogP contribution in [0.5, 0.6) is 0 Å². The van der Waals surface area contributed by atoms with Crippen molar-refractivity contribution in [2.75, 3.05) is 11.9 Å². The van der Waals surface area contributed by atoms with E-state index in [0.717, 1.165) is 30.2 Å². The number of nitrogens with one attached hydrogen (secondary N) is 1. The molecule has 3 N–H and O–H groups in total. The maximum Gasteiger partial charge on any atom is 0.254 e. The van der Waals surface area contributed by atoms with E-state index in [1.54, 1.807) is 19.1 Å². The van der Waals surface area contributed by atoms with Crippen LogP contribution in [0.15, 0.2) is 42.1 Å². The molecule has 1 amide bonds. The number of benzene rings is 2. The molecule has 26 heavy (non-hydrogen) atoms. The lowest BCUT2D eigenvalue weighted by Crippen LogP contribution is -2.24. The van der Waals surface area contributed by atoms with E-state index in [1.807, 2.05) is 17.9 Å². The standard InChI is InChI=1S/C20H21F2N3O/c1-3-8-25-11-14-9-13(4-6-16(14)20(25)26)19(23)12(2)24-18-7-5-15(21)10-17(18)22/h4-7,9-10,24H,3,8,11,23H2,1-2H3/b19-12-. The van der Waals surface area contributed by atoms with Crippen molar-refractivity contribution in [2.45, 2.75) is 26.8 Å². The SMILES string of the molecule is CCCN1Cc2cc(/C(N)=C(\C)Nc3ccc(F)cc3F)ccc2C1=O. The Balaban J connectivity index is 1.86. The minimum absolute atomic E-state index is 0.0409. The molecule has 1 aliphatic heterocycles. The number of hydrogen-bond acceptors (Lipinski definition) is 3. The van der Waals surface area contributed by atoms with Crippen LogP contribution in [0.25, 0.3) is 5.70 Å². The highest BCUT2D eigenvalue weighted by atomic mass is 19.1. The fourth-order valence-corrected chi connectivity index (χ4v) is 3.08. The summed E-state index contributed by atoms with van der Waals surface area (Å²) in [5.74, 6) is -1.28. The minimum Gasteiger partial charge on any atom is -0.397 e. The maximum absolute atomic E-state index is 13.8. The molecule has 0 aliphatic carbocycles. The summed E-state index contributed by atoms with van der Waals surface area (Å²) in [4.78, 5) is 14.1. The highest BCUT2D eigenvalue weighted by Crippen LogP contribution is 2.27. The van der Waals surface area contributed by atoms with Gasteiger partial charge in [0.05, 0.1) is 11.4 Å². The Morgan fingerprint density at radius 3 is 2.69 bits per heavy atom. The summed E-state index contributed by atoms with van der Waals surface area (Å²) in [7, 11) is 0. The third kappa shape index (κ3) is 3.40. The molecule has 3 rings (SSSR count). The summed E-state index contributed by atoms with van der Waals surface area (Å²) in [5.41, 5.74) is 9.74. The zero-order valence-corrected chi connectivity index (χ0v) is 14.8. The Bertz CT molecular complexity index is 893. The van der Waals surface area contributed by atoms with E-state index in [0.29, 0.717) is 23.5 Å². The molecule has 0 radical (unpaired) electrons. The number of rotatable bonds is 5. The molecule has 1 aliphatic rings. The number of nitrogens with zero attached hydrogens (tertiary/aromatic N) is 1. The Kier molecular flexibility index (Phi) is 4.93. The van der Waals surface area contributed by atoms with Gasteiger partial charge in [0.25, 0.3) is 5.91 Å². The van der Waals surface area contributed by atoms with Crippen molar-refractivity contribution < 1.29 is 13.6 Å². The Morgan fingerprint density at radius 1 is 1.23 bits per heavy atom. The van der Waals surface area contributed by atoms with Gasteiger partial charge in [0.2, 0.25) is 0 Å². The third-order valence-electron chi connectivity index (χ3n) is 4.45. The lowest BCUT2D eigenvalue weighted by molar-refractivity contribution is 0.0778. The molecule has 2 aromatic carbocycles. The van der Waals surface area contributed by atoms with Gasteiger partial charge in [0.15, 0.2) is 0 Å². The van der Waals surface area contributed by atoms with Crippen molar-refractivity contribution in [1.29, 1.82) is 0 Å². The molecular formula is C20H21F2N3O. The molecule has 0 atom stereocenters. The van der Waals surface area contributed by atoms with Gasteiger partial charge >= 0.3 is 0 Å². The second-order valence-electron chi connectivity index (χ2n) is 6.39. The predicted octanol–water partition coefficient (Wildman–Crippen LogP) is 4.09. The Morgan fingerprint density at radius 2 is 2.00 bits per heavy atom. The summed E-state index contributed by atoms with van der Waals surface area (Å²) in [6.45, 7) is 5.05. The number of anilines is 1. The molecule has 136 valence electrons. The van der Waals surface area contributed by atoms with Crippen LogP contribution in [-0.2, 0) is 6.54 Å². The third-order valence-corrected chi connectivity index (χ3v) is 4.45. The normalized spacial score (nSPS) is 14.3. The molecule has 0 aromatic heterocycles. The van der Waals surface area contributed by atoms with Gasteiger partial charge < -0.3 is 16.0 Å². The number of nitrogens with two attached hydrogens (primary N) is 1. The number of amides is 1. The van der Waals surface area contributed by atoms with Gasteiger partial charge in [-0.3, -0.25) is 4.79 Å². The largest absolute Gasteiger partial charge is 0.397 e. The minimum atomic E-state index is -0.688.